The Morgan fingerprint density at radius 2 is 1.97 bits per heavy atom. The Labute approximate surface area is 176 Å². The molecule has 5 rings (SSSR count). The number of nitriles is 1. The van der Waals surface area contributed by atoms with Gasteiger partial charge in [-0.1, -0.05) is 12.1 Å². The zero-order chi connectivity index (χ0) is 21.4. The normalized spacial score (nSPS) is 11.0. The highest BCUT2D eigenvalue weighted by Gasteiger charge is 2.11. The molecule has 3 aromatic carbocycles. The molecule has 7 heteroatoms. The fraction of sp³-hybridized carbons (Fsp3) is 0.0417. The maximum atomic E-state index is 13.5. The number of phenols is 1. The predicted molar refractivity (Wildman–Crippen MR) is 117 cm³/mol. The fourth-order valence-corrected chi connectivity index (χ4v) is 3.64. The summed E-state index contributed by atoms with van der Waals surface area (Å²) in [5, 5.41) is 28.7. The number of phenolic OH excluding ortho intramolecular Hbond substituents is 1. The summed E-state index contributed by atoms with van der Waals surface area (Å²) < 4.78 is 15.3. The number of pyridine rings is 1. The van der Waals surface area contributed by atoms with Gasteiger partial charge in [-0.2, -0.15) is 10.4 Å². The Hall–Kier alpha value is -4.44. The Morgan fingerprint density at radius 3 is 2.81 bits per heavy atom. The summed E-state index contributed by atoms with van der Waals surface area (Å²) in [4.78, 5) is 4.28. The van der Waals surface area contributed by atoms with Crippen LogP contribution in [0.1, 0.15) is 11.1 Å². The van der Waals surface area contributed by atoms with E-state index in [2.05, 4.69) is 21.5 Å². The predicted octanol–water partition coefficient (Wildman–Crippen LogP) is 5.09. The standard InChI is InChI=1S/C24H16FN5O/c25-18-3-1-2-15(8-18)14-30-23-7-4-19(9-16(23)13-28-30)29-24-17(11-26)12-27-22-6-5-20(31)10-21(22)24/h1-10,12-13,31H,14H2,(H,27,29). The highest BCUT2D eigenvalue weighted by Crippen LogP contribution is 2.32. The SMILES string of the molecule is N#Cc1cnc2ccc(O)cc2c1Nc1ccc2c(cnn2Cc2cccc(F)c2)c1. The summed E-state index contributed by atoms with van der Waals surface area (Å²) in [6, 6.07) is 19.2. The molecule has 0 aliphatic rings. The van der Waals surface area contributed by atoms with Crippen molar-refractivity contribution in [3.8, 4) is 11.8 Å². The molecule has 5 aromatic rings. The molecule has 0 amide bonds. The van der Waals surface area contributed by atoms with Crippen molar-refractivity contribution in [3.05, 3.63) is 90.0 Å². The molecule has 2 heterocycles. The van der Waals surface area contributed by atoms with Crippen molar-refractivity contribution in [1.29, 1.82) is 5.26 Å². The van der Waals surface area contributed by atoms with Gasteiger partial charge >= 0.3 is 0 Å². The van der Waals surface area contributed by atoms with Crippen LogP contribution in [0.2, 0.25) is 0 Å². The van der Waals surface area contributed by atoms with Crippen LogP contribution >= 0.6 is 0 Å². The molecule has 0 radical (unpaired) electrons. The molecule has 0 unspecified atom stereocenters. The number of nitrogens with zero attached hydrogens (tertiary/aromatic N) is 4. The van der Waals surface area contributed by atoms with E-state index in [4.69, 9.17) is 0 Å². The largest absolute Gasteiger partial charge is 0.508 e. The van der Waals surface area contributed by atoms with Gasteiger partial charge in [0.15, 0.2) is 0 Å². The number of hydrogen-bond acceptors (Lipinski definition) is 5. The lowest BCUT2D eigenvalue weighted by molar-refractivity contribution is 0.476. The lowest BCUT2D eigenvalue weighted by Gasteiger charge is -2.12. The third kappa shape index (κ3) is 3.51. The second kappa shape index (κ2) is 7.43. The van der Waals surface area contributed by atoms with Crippen molar-refractivity contribution in [3.63, 3.8) is 0 Å². The van der Waals surface area contributed by atoms with Gasteiger partial charge in [0, 0.05) is 22.7 Å². The first-order valence-electron chi connectivity index (χ1n) is 9.59. The molecule has 31 heavy (non-hydrogen) atoms. The van der Waals surface area contributed by atoms with Gasteiger partial charge in [0.25, 0.3) is 0 Å². The minimum atomic E-state index is -0.274. The van der Waals surface area contributed by atoms with E-state index in [-0.39, 0.29) is 11.6 Å². The van der Waals surface area contributed by atoms with Crippen molar-refractivity contribution in [1.82, 2.24) is 14.8 Å². The maximum absolute atomic E-state index is 13.5. The quantitative estimate of drug-likeness (QED) is 0.432. The van der Waals surface area contributed by atoms with E-state index >= 15 is 0 Å². The number of halogens is 1. The smallest absolute Gasteiger partial charge is 0.123 e. The van der Waals surface area contributed by atoms with E-state index in [0.29, 0.717) is 28.7 Å². The molecular weight excluding hydrogens is 393 g/mol. The van der Waals surface area contributed by atoms with E-state index in [1.54, 1.807) is 30.5 Å². The van der Waals surface area contributed by atoms with Crippen molar-refractivity contribution < 1.29 is 9.50 Å². The number of rotatable bonds is 4. The molecule has 0 atom stereocenters. The Balaban J connectivity index is 1.51. The Kier molecular flexibility index (Phi) is 4.45. The monoisotopic (exact) mass is 409 g/mol. The van der Waals surface area contributed by atoms with Crippen molar-refractivity contribution in [2.24, 2.45) is 0 Å². The van der Waals surface area contributed by atoms with Crippen LogP contribution < -0.4 is 5.32 Å². The molecular formula is C24H16FN5O. The lowest BCUT2D eigenvalue weighted by Crippen LogP contribution is -2.01. The maximum Gasteiger partial charge on any atom is 0.123 e. The molecule has 0 bridgehead atoms. The summed E-state index contributed by atoms with van der Waals surface area (Å²) in [6.45, 7) is 0.459. The molecule has 0 spiro atoms. The number of aromatic nitrogens is 3. The molecule has 0 aliphatic heterocycles. The van der Waals surface area contributed by atoms with Crippen molar-refractivity contribution >= 4 is 33.2 Å². The molecule has 150 valence electrons. The Morgan fingerprint density at radius 1 is 1.06 bits per heavy atom. The van der Waals surface area contributed by atoms with Crippen LogP contribution in [0.15, 0.2) is 73.1 Å². The summed E-state index contributed by atoms with van der Waals surface area (Å²) in [7, 11) is 0. The minimum Gasteiger partial charge on any atom is -0.508 e. The van der Waals surface area contributed by atoms with E-state index in [1.165, 1.54) is 18.3 Å². The summed E-state index contributed by atoms with van der Waals surface area (Å²) in [5.74, 6) is -0.175. The molecule has 0 saturated carbocycles. The van der Waals surface area contributed by atoms with Gasteiger partial charge in [0.05, 0.1) is 35.0 Å². The topological polar surface area (TPSA) is 86.8 Å². The average Bonchev–Trinajstić information content (AvgIpc) is 3.16. The van der Waals surface area contributed by atoms with Gasteiger partial charge in [-0.25, -0.2) is 4.39 Å². The van der Waals surface area contributed by atoms with Crippen LogP contribution in [0.25, 0.3) is 21.8 Å². The van der Waals surface area contributed by atoms with Crippen LogP contribution in [-0.2, 0) is 6.54 Å². The summed E-state index contributed by atoms with van der Waals surface area (Å²) in [5.41, 5.74) is 4.13. The molecule has 6 nitrogen and oxygen atoms in total. The molecule has 2 aromatic heterocycles. The zero-order valence-electron chi connectivity index (χ0n) is 16.2. The lowest BCUT2D eigenvalue weighted by atomic mass is 10.1. The first-order chi connectivity index (χ1) is 15.1. The van der Waals surface area contributed by atoms with Crippen LogP contribution in [-0.4, -0.2) is 19.9 Å². The third-order valence-electron chi connectivity index (χ3n) is 5.10. The highest BCUT2D eigenvalue weighted by atomic mass is 19.1. The van der Waals surface area contributed by atoms with E-state index in [9.17, 15) is 14.8 Å². The van der Waals surface area contributed by atoms with Crippen LogP contribution in [0.4, 0.5) is 15.8 Å². The second-order valence-electron chi connectivity index (χ2n) is 7.19. The van der Waals surface area contributed by atoms with Crippen LogP contribution in [0.3, 0.4) is 0 Å². The number of anilines is 2. The molecule has 0 saturated heterocycles. The third-order valence-corrected chi connectivity index (χ3v) is 5.10. The first kappa shape index (κ1) is 18.6. The van der Waals surface area contributed by atoms with Crippen molar-refractivity contribution in [2.75, 3.05) is 5.32 Å². The van der Waals surface area contributed by atoms with Crippen molar-refractivity contribution in [2.45, 2.75) is 6.54 Å². The van der Waals surface area contributed by atoms with E-state index in [0.717, 1.165) is 22.2 Å². The van der Waals surface area contributed by atoms with Gasteiger partial charge in [-0.3, -0.25) is 9.67 Å². The summed E-state index contributed by atoms with van der Waals surface area (Å²) >= 11 is 0. The van der Waals surface area contributed by atoms with Crippen LogP contribution in [0.5, 0.6) is 5.75 Å². The number of aromatic hydroxyl groups is 1. The second-order valence-corrected chi connectivity index (χ2v) is 7.19. The van der Waals surface area contributed by atoms with Gasteiger partial charge in [0.1, 0.15) is 17.6 Å². The van der Waals surface area contributed by atoms with Gasteiger partial charge in [-0.05, 0) is 54.1 Å². The van der Waals surface area contributed by atoms with E-state index < -0.39 is 0 Å². The number of nitrogens with one attached hydrogen (secondary N) is 1. The molecule has 2 N–H and O–H groups in total. The highest BCUT2D eigenvalue weighted by molar-refractivity contribution is 5.97. The average molecular weight is 409 g/mol. The van der Waals surface area contributed by atoms with Gasteiger partial charge < -0.3 is 10.4 Å². The first-order valence-corrected chi connectivity index (χ1v) is 9.59. The number of fused-ring (bicyclic) bond motifs is 2. The Bertz CT molecular complexity index is 1490. The van der Waals surface area contributed by atoms with E-state index in [1.807, 2.05) is 28.9 Å². The van der Waals surface area contributed by atoms with Gasteiger partial charge in [0.2, 0.25) is 0 Å². The zero-order valence-corrected chi connectivity index (χ0v) is 16.2. The molecule has 0 aliphatic carbocycles. The number of benzene rings is 3. The minimum absolute atomic E-state index is 0.0986. The summed E-state index contributed by atoms with van der Waals surface area (Å²) in [6.07, 6.45) is 3.26. The fourth-order valence-electron chi connectivity index (χ4n) is 3.64. The molecule has 0 fully saturated rings. The van der Waals surface area contributed by atoms with Gasteiger partial charge in [-0.15, -0.1) is 0 Å². The number of hydrogen-bond donors (Lipinski definition) is 2. The van der Waals surface area contributed by atoms with Crippen LogP contribution in [0, 0.1) is 17.1 Å².